The third-order valence-corrected chi connectivity index (χ3v) is 3.38. The highest BCUT2D eigenvalue weighted by Crippen LogP contribution is 2.16. The van der Waals surface area contributed by atoms with Gasteiger partial charge in [-0.25, -0.2) is 0 Å². The third kappa shape index (κ3) is 3.10. The molecule has 2 N–H and O–H groups in total. The van der Waals surface area contributed by atoms with E-state index in [1.54, 1.807) is 12.5 Å². The highest BCUT2D eigenvalue weighted by molar-refractivity contribution is 6.04. The summed E-state index contributed by atoms with van der Waals surface area (Å²) in [7, 11) is 0. The Hall–Kier alpha value is -2.63. The minimum Gasteiger partial charge on any atom is -0.463 e. The average molecular weight is 284 g/mol. The Kier molecular flexibility index (Phi) is 3.95. The monoisotopic (exact) mass is 284 g/mol. The molecule has 6 heteroatoms. The van der Waals surface area contributed by atoms with Crippen LogP contribution in [0.5, 0.6) is 0 Å². The first-order valence-corrected chi connectivity index (χ1v) is 6.83. The molecule has 2 aromatic heterocycles. The molecular formula is C15H16N4O2. The van der Waals surface area contributed by atoms with Crippen molar-refractivity contribution in [2.24, 2.45) is 21.1 Å². The van der Waals surface area contributed by atoms with Gasteiger partial charge in [0, 0.05) is 18.6 Å². The molecule has 0 spiro atoms. The van der Waals surface area contributed by atoms with Crippen molar-refractivity contribution in [3.05, 3.63) is 48.3 Å². The molecule has 108 valence electrons. The largest absolute Gasteiger partial charge is 0.463 e. The standard InChI is InChI=1S/C15H16N4O2/c16-17-12(14-3-1-9-20-14)7-5-11-6-8-13(19-18-11)15-4-2-10-21-15/h1-4,9-10H,5-8,16H2/b17-12-. The fourth-order valence-corrected chi connectivity index (χ4v) is 2.24. The van der Waals surface area contributed by atoms with Crippen LogP contribution in [0.2, 0.25) is 0 Å². The minimum atomic E-state index is 0.689. The molecule has 0 saturated heterocycles. The van der Waals surface area contributed by atoms with Gasteiger partial charge in [0.1, 0.15) is 22.9 Å². The normalized spacial score (nSPS) is 15.7. The molecule has 0 amide bonds. The van der Waals surface area contributed by atoms with E-state index in [0.717, 1.165) is 42.2 Å². The molecule has 3 rings (SSSR count). The van der Waals surface area contributed by atoms with Gasteiger partial charge in [-0.2, -0.15) is 15.3 Å². The molecule has 2 aromatic rings. The maximum absolute atomic E-state index is 5.41. The van der Waals surface area contributed by atoms with Crippen molar-refractivity contribution in [1.29, 1.82) is 0 Å². The molecule has 6 nitrogen and oxygen atoms in total. The number of nitrogens with two attached hydrogens (primary N) is 1. The van der Waals surface area contributed by atoms with Crippen molar-refractivity contribution < 1.29 is 8.83 Å². The van der Waals surface area contributed by atoms with E-state index in [4.69, 9.17) is 14.7 Å². The molecule has 21 heavy (non-hydrogen) atoms. The molecule has 1 aliphatic rings. The summed E-state index contributed by atoms with van der Waals surface area (Å²) >= 11 is 0. The Morgan fingerprint density at radius 3 is 2.62 bits per heavy atom. The second-order valence-corrected chi connectivity index (χ2v) is 4.74. The van der Waals surface area contributed by atoms with Crippen LogP contribution in [-0.4, -0.2) is 17.1 Å². The predicted molar refractivity (Wildman–Crippen MR) is 80.6 cm³/mol. The lowest BCUT2D eigenvalue weighted by molar-refractivity contribution is 0.554. The lowest BCUT2D eigenvalue weighted by Gasteiger charge is -2.10. The lowest BCUT2D eigenvalue weighted by Crippen LogP contribution is -2.12. The summed E-state index contributed by atoms with van der Waals surface area (Å²) in [6, 6.07) is 7.42. The minimum absolute atomic E-state index is 0.689. The Morgan fingerprint density at radius 2 is 2.00 bits per heavy atom. The summed E-state index contributed by atoms with van der Waals surface area (Å²) in [4.78, 5) is 0. The quantitative estimate of drug-likeness (QED) is 0.520. The van der Waals surface area contributed by atoms with E-state index in [1.165, 1.54) is 0 Å². The number of furan rings is 2. The molecule has 0 atom stereocenters. The molecular weight excluding hydrogens is 268 g/mol. The molecule has 0 fully saturated rings. The van der Waals surface area contributed by atoms with E-state index in [9.17, 15) is 0 Å². The molecule has 0 saturated carbocycles. The summed E-state index contributed by atoms with van der Waals surface area (Å²) in [5.74, 6) is 6.91. The predicted octanol–water partition coefficient (Wildman–Crippen LogP) is 2.95. The first-order valence-electron chi connectivity index (χ1n) is 6.83. The lowest BCUT2D eigenvalue weighted by atomic mass is 10.0. The smallest absolute Gasteiger partial charge is 0.149 e. The molecule has 0 radical (unpaired) electrons. The average Bonchev–Trinajstić information content (AvgIpc) is 3.22. The van der Waals surface area contributed by atoms with Gasteiger partial charge in [0.2, 0.25) is 0 Å². The zero-order valence-electron chi connectivity index (χ0n) is 11.5. The van der Waals surface area contributed by atoms with Crippen LogP contribution >= 0.6 is 0 Å². The van der Waals surface area contributed by atoms with Gasteiger partial charge in [-0.3, -0.25) is 0 Å². The summed E-state index contributed by atoms with van der Waals surface area (Å²) in [6.45, 7) is 0. The Morgan fingerprint density at radius 1 is 1.14 bits per heavy atom. The molecule has 0 unspecified atom stereocenters. The van der Waals surface area contributed by atoms with Crippen molar-refractivity contribution in [2.75, 3.05) is 0 Å². The number of hydrogen-bond acceptors (Lipinski definition) is 6. The zero-order chi connectivity index (χ0) is 14.5. The van der Waals surface area contributed by atoms with Gasteiger partial charge >= 0.3 is 0 Å². The van der Waals surface area contributed by atoms with Gasteiger partial charge in [0.25, 0.3) is 0 Å². The number of hydrogen-bond donors (Lipinski definition) is 1. The van der Waals surface area contributed by atoms with Gasteiger partial charge in [-0.15, -0.1) is 0 Å². The highest BCUT2D eigenvalue weighted by Gasteiger charge is 2.15. The summed E-state index contributed by atoms with van der Waals surface area (Å²) < 4.78 is 10.6. The number of hydrazone groups is 1. The van der Waals surface area contributed by atoms with Crippen molar-refractivity contribution in [1.82, 2.24) is 0 Å². The molecule has 1 aliphatic heterocycles. The van der Waals surface area contributed by atoms with E-state index in [2.05, 4.69) is 15.3 Å². The first-order chi connectivity index (χ1) is 10.4. The summed E-state index contributed by atoms with van der Waals surface area (Å²) in [5.41, 5.74) is 2.67. The number of rotatable bonds is 5. The Bertz CT molecular complexity index is 667. The fourth-order valence-electron chi connectivity index (χ4n) is 2.24. The number of nitrogens with zero attached hydrogens (tertiary/aromatic N) is 3. The van der Waals surface area contributed by atoms with E-state index in [-0.39, 0.29) is 0 Å². The summed E-state index contributed by atoms with van der Waals surface area (Å²) in [6.07, 6.45) is 6.42. The van der Waals surface area contributed by atoms with Gasteiger partial charge in [0.15, 0.2) is 0 Å². The van der Waals surface area contributed by atoms with Crippen LogP contribution in [0, 0.1) is 0 Å². The second kappa shape index (κ2) is 6.21. The maximum Gasteiger partial charge on any atom is 0.149 e. The van der Waals surface area contributed by atoms with Crippen LogP contribution in [0.3, 0.4) is 0 Å². The van der Waals surface area contributed by atoms with E-state index < -0.39 is 0 Å². The van der Waals surface area contributed by atoms with Gasteiger partial charge < -0.3 is 14.7 Å². The van der Waals surface area contributed by atoms with Gasteiger partial charge in [0.05, 0.1) is 12.5 Å². The van der Waals surface area contributed by atoms with Crippen LogP contribution in [-0.2, 0) is 0 Å². The van der Waals surface area contributed by atoms with Crippen LogP contribution in [0.25, 0.3) is 0 Å². The van der Waals surface area contributed by atoms with Crippen LogP contribution in [0.15, 0.2) is 60.9 Å². The van der Waals surface area contributed by atoms with Crippen molar-refractivity contribution >= 4 is 17.1 Å². The van der Waals surface area contributed by atoms with E-state index in [0.29, 0.717) is 12.2 Å². The van der Waals surface area contributed by atoms with Crippen molar-refractivity contribution in [3.63, 3.8) is 0 Å². The van der Waals surface area contributed by atoms with Crippen molar-refractivity contribution in [3.8, 4) is 0 Å². The van der Waals surface area contributed by atoms with Crippen molar-refractivity contribution in [2.45, 2.75) is 25.7 Å². The Labute approximate surface area is 122 Å². The molecule has 0 bridgehead atoms. The summed E-state index contributed by atoms with van der Waals surface area (Å²) in [5, 5.41) is 12.3. The molecule has 3 heterocycles. The van der Waals surface area contributed by atoms with Crippen LogP contribution in [0.4, 0.5) is 0 Å². The Balaban J connectivity index is 1.62. The second-order valence-electron chi connectivity index (χ2n) is 4.74. The van der Waals surface area contributed by atoms with E-state index >= 15 is 0 Å². The van der Waals surface area contributed by atoms with Gasteiger partial charge in [-0.05, 0) is 37.1 Å². The van der Waals surface area contributed by atoms with Crippen LogP contribution < -0.4 is 5.84 Å². The first kappa shape index (κ1) is 13.4. The zero-order valence-corrected chi connectivity index (χ0v) is 11.5. The van der Waals surface area contributed by atoms with E-state index in [1.807, 2.05) is 24.3 Å². The van der Waals surface area contributed by atoms with Gasteiger partial charge in [-0.1, -0.05) is 0 Å². The fraction of sp³-hybridized carbons (Fsp3) is 0.267. The maximum atomic E-state index is 5.41. The SMILES string of the molecule is N/N=C(/CCC1=NN=C(c2ccco2)CC1)c1ccco1. The highest BCUT2D eigenvalue weighted by atomic mass is 16.3. The van der Waals surface area contributed by atoms with Crippen LogP contribution in [0.1, 0.15) is 37.2 Å². The molecule has 0 aliphatic carbocycles. The topological polar surface area (TPSA) is 89.4 Å². The third-order valence-electron chi connectivity index (χ3n) is 3.38. The molecule has 0 aromatic carbocycles.